The zero-order chi connectivity index (χ0) is 11.5. The number of aliphatic hydroxyl groups is 1. The van der Waals surface area contributed by atoms with E-state index in [0.717, 1.165) is 12.3 Å². The first-order valence-electron chi connectivity index (χ1n) is 5.76. The number of rotatable bonds is 1. The molecule has 0 spiro atoms. The lowest BCUT2D eigenvalue weighted by molar-refractivity contribution is -0.191. The Kier molecular flexibility index (Phi) is 4.06. The third-order valence-electron chi connectivity index (χ3n) is 4.17. The Labute approximate surface area is 90.9 Å². The summed E-state index contributed by atoms with van der Waals surface area (Å²) in [5.74, 6) is 1.90. The van der Waals surface area contributed by atoms with Gasteiger partial charge in [0.2, 0.25) is 0 Å². The van der Waals surface area contributed by atoms with Gasteiger partial charge in [-0.25, -0.2) is 0 Å². The van der Waals surface area contributed by atoms with Gasteiger partial charge in [-0.2, -0.15) is 9.59 Å². The van der Waals surface area contributed by atoms with Crippen molar-refractivity contribution in [3.63, 3.8) is 0 Å². The van der Waals surface area contributed by atoms with Crippen LogP contribution in [0.2, 0.25) is 0 Å². The Hall–Kier alpha value is -0.660. The monoisotopic (exact) mass is 212 g/mol. The number of hydrogen-bond donors (Lipinski definition) is 1. The van der Waals surface area contributed by atoms with Crippen LogP contribution in [0.15, 0.2) is 0 Å². The highest BCUT2D eigenvalue weighted by atomic mass is 16.3. The molecule has 0 aliphatic heterocycles. The minimum absolute atomic E-state index is 0.250. The fraction of sp³-hybridized carbons (Fsp3) is 0.917. The molecular weight excluding hydrogens is 192 g/mol. The second kappa shape index (κ2) is 4.91. The fourth-order valence-electron chi connectivity index (χ4n) is 3.20. The third-order valence-corrected chi connectivity index (χ3v) is 4.17. The summed E-state index contributed by atoms with van der Waals surface area (Å²) >= 11 is 0. The van der Waals surface area contributed by atoms with Gasteiger partial charge < -0.3 is 5.11 Å². The summed E-state index contributed by atoms with van der Waals surface area (Å²) in [5, 5.41) is 10.4. The molecule has 3 fully saturated rings. The first kappa shape index (κ1) is 12.4. The van der Waals surface area contributed by atoms with Crippen LogP contribution < -0.4 is 0 Å². The lowest BCUT2D eigenvalue weighted by Gasteiger charge is -2.51. The fourth-order valence-corrected chi connectivity index (χ4v) is 3.20. The van der Waals surface area contributed by atoms with Crippen LogP contribution in [0.25, 0.3) is 0 Å². The topological polar surface area (TPSA) is 54.4 Å². The van der Waals surface area contributed by atoms with E-state index in [0.29, 0.717) is 11.8 Å². The molecule has 0 saturated heterocycles. The van der Waals surface area contributed by atoms with Crippen LogP contribution in [0.3, 0.4) is 0 Å². The van der Waals surface area contributed by atoms with E-state index in [1.165, 1.54) is 25.7 Å². The molecule has 1 N–H and O–H groups in total. The second-order valence-corrected chi connectivity index (χ2v) is 5.15. The van der Waals surface area contributed by atoms with Crippen molar-refractivity contribution in [3.8, 4) is 0 Å². The van der Waals surface area contributed by atoms with E-state index in [1.54, 1.807) is 0 Å². The Bertz CT molecular complexity index is 235. The van der Waals surface area contributed by atoms with Crippen molar-refractivity contribution in [1.29, 1.82) is 0 Å². The lowest BCUT2D eigenvalue weighted by Crippen LogP contribution is -2.50. The van der Waals surface area contributed by atoms with E-state index in [4.69, 9.17) is 9.59 Å². The number of fused-ring (bicyclic) bond motifs is 3. The minimum atomic E-state index is -0.304. The molecule has 86 valence electrons. The Balaban J connectivity index is 0.000000337. The first-order chi connectivity index (χ1) is 7.04. The molecule has 0 amide bonds. The summed E-state index contributed by atoms with van der Waals surface area (Å²) in [6.45, 7) is 4.33. The van der Waals surface area contributed by atoms with Gasteiger partial charge in [0.05, 0.1) is 5.60 Å². The van der Waals surface area contributed by atoms with E-state index in [1.807, 2.05) is 0 Å². The van der Waals surface area contributed by atoms with Crippen molar-refractivity contribution < 1.29 is 14.7 Å². The van der Waals surface area contributed by atoms with Crippen molar-refractivity contribution in [2.24, 2.45) is 17.8 Å². The van der Waals surface area contributed by atoms with Gasteiger partial charge in [-0.3, -0.25) is 0 Å². The molecular formula is C12H20O3. The first-order valence-corrected chi connectivity index (χ1v) is 5.76. The predicted molar refractivity (Wildman–Crippen MR) is 54.9 cm³/mol. The summed E-state index contributed by atoms with van der Waals surface area (Å²) in [7, 11) is 0. The summed E-state index contributed by atoms with van der Waals surface area (Å²) in [5.41, 5.74) is -0.304. The maximum absolute atomic E-state index is 10.4. The van der Waals surface area contributed by atoms with Gasteiger partial charge in [0.15, 0.2) is 0 Å². The van der Waals surface area contributed by atoms with Crippen molar-refractivity contribution in [1.82, 2.24) is 0 Å². The van der Waals surface area contributed by atoms with Crippen molar-refractivity contribution in [3.05, 3.63) is 0 Å². The van der Waals surface area contributed by atoms with E-state index < -0.39 is 0 Å². The maximum Gasteiger partial charge on any atom is 0.373 e. The van der Waals surface area contributed by atoms with Gasteiger partial charge in [0.25, 0.3) is 0 Å². The van der Waals surface area contributed by atoms with Crippen LogP contribution in [0, 0.1) is 17.8 Å². The van der Waals surface area contributed by atoms with Crippen molar-refractivity contribution in [2.45, 2.75) is 51.6 Å². The van der Waals surface area contributed by atoms with Gasteiger partial charge in [0, 0.05) is 0 Å². The number of hydrogen-bond acceptors (Lipinski definition) is 3. The zero-order valence-corrected chi connectivity index (χ0v) is 9.53. The molecule has 0 aromatic carbocycles. The average molecular weight is 212 g/mol. The van der Waals surface area contributed by atoms with Gasteiger partial charge in [-0.1, -0.05) is 13.8 Å². The molecule has 3 rings (SSSR count). The SMILES string of the molecule is CC(C)C1(O)CC2CCC1CC2.O=C=O. The quantitative estimate of drug-likeness (QED) is 0.723. The van der Waals surface area contributed by atoms with E-state index in [9.17, 15) is 5.11 Å². The molecule has 15 heavy (non-hydrogen) atoms. The predicted octanol–water partition coefficient (Wildman–Crippen LogP) is 2.00. The summed E-state index contributed by atoms with van der Waals surface area (Å²) < 4.78 is 0. The van der Waals surface area contributed by atoms with E-state index in [-0.39, 0.29) is 11.8 Å². The van der Waals surface area contributed by atoms with Gasteiger partial charge in [0.1, 0.15) is 0 Å². The molecule has 3 nitrogen and oxygen atoms in total. The molecule has 3 aliphatic rings. The lowest BCUT2D eigenvalue weighted by atomic mass is 9.59. The zero-order valence-electron chi connectivity index (χ0n) is 9.53. The molecule has 1 unspecified atom stereocenters. The summed E-state index contributed by atoms with van der Waals surface area (Å²) in [4.78, 5) is 16.2. The van der Waals surface area contributed by atoms with Crippen LogP contribution >= 0.6 is 0 Å². The molecule has 0 aromatic rings. The Morgan fingerprint density at radius 3 is 1.87 bits per heavy atom. The highest BCUT2D eigenvalue weighted by molar-refractivity contribution is 5.20. The average Bonchev–Trinajstić information content (AvgIpc) is 2.20. The normalized spacial score (nSPS) is 38.1. The van der Waals surface area contributed by atoms with Gasteiger partial charge >= 0.3 is 6.15 Å². The largest absolute Gasteiger partial charge is 0.389 e. The third kappa shape index (κ3) is 2.47. The molecule has 3 heteroatoms. The smallest absolute Gasteiger partial charge is 0.373 e. The van der Waals surface area contributed by atoms with Crippen LogP contribution in [0.1, 0.15) is 46.0 Å². The number of carbonyl (C=O) groups excluding carboxylic acids is 2. The highest BCUT2D eigenvalue weighted by Crippen LogP contribution is 2.50. The molecule has 2 bridgehead atoms. The highest BCUT2D eigenvalue weighted by Gasteiger charge is 2.47. The van der Waals surface area contributed by atoms with Crippen LogP contribution in [0.5, 0.6) is 0 Å². The van der Waals surface area contributed by atoms with Crippen LogP contribution in [0.4, 0.5) is 0 Å². The Morgan fingerprint density at radius 1 is 1.20 bits per heavy atom. The summed E-state index contributed by atoms with van der Waals surface area (Å²) in [6, 6.07) is 0. The second-order valence-electron chi connectivity index (χ2n) is 5.15. The van der Waals surface area contributed by atoms with Gasteiger partial charge in [-0.05, 0) is 49.9 Å². The maximum atomic E-state index is 10.4. The van der Waals surface area contributed by atoms with Crippen molar-refractivity contribution >= 4 is 6.15 Å². The molecule has 1 atom stereocenters. The molecule has 0 aromatic heterocycles. The van der Waals surface area contributed by atoms with Gasteiger partial charge in [-0.15, -0.1) is 0 Å². The molecule has 3 aliphatic carbocycles. The Morgan fingerprint density at radius 2 is 1.67 bits per heavy atom. The van der Waals surface area contributed by atoms with Crippen LogP contribution in [-0.2, 0) is 9.59 Å². The van der Waals surface area contributed by atoms with Crippen molar-refractivity contribution in [2.75, 3.05) is 0 Å². The molecule has 3 saturated carbocycles. The molecule has 0 heterocycles. The molecule has 0 radical (unpaired) electrons. The van der Waals surface area contributed by atoms with E-state index in [2.05, 4.69) is 13.8 Å². The van der Waals surface area contributed by atoms with E-state index >= 15 is 0 Å². The standard InChI is InChI=1S/C11H20O.CO2/c1-8(2)11(12)7-9-3-5-10(11)6-4-9;2-1-3/h8-10,12H,3-7H2,1-2H3;. The van der Waals surface area contributed by atoms with Crippen LogP contribution in [-0.4, -0.2) is 16.9 Å². The minimum Gasteiger partial charge on any atom is -0.389 e. The summed E-state index contributed by atoms with van der Waals surface area (Å²) in [6.07, 6.45) is 6.63.